The number of carbonyl (C=O) groups is 2. The van der Waals surface area contributed by atoms with Gasteiger partial charge in [-0.1, -0.05) is 25.1 Å². The normalized spacial score (nSPS) is 20.2. The number of ether oxygens (including phenoxy) is 1. The fraction of sp³-hybridized carbons (Fsp3) is 0.474. The molecule has 1 amide bonds. The predicted octanol–water partition coefficient (Wildman–Crippen LogP) is 2.12. The molecule has 0 spiro atoms. The molecule has 6 heteroatoms. The van der Waals surface area contributed by atoms with Gasteiger partial charge in [0.15, 0.2) is 0 Å². The number of aromatic nitrogens is 1. The minimum atomic E-state index is -0.352. The number of aliphatic hydroxyl groups is 1. The van der Waals surface area contributed by atoms with Crippen LogP contribution >= 0.6 is 0 Å². The quantitative estimate of drug-likeness (QED) is 0.814. The molecule has 1 aliphatic rings. The Balaban J connectivity index is 2.00. The van der Waals surface area contributed by atoms with Gasteiger partial charge in [0.2, 0.25) is 0 Å². The molecule has 1 saturated heterocycles. The summed E-state index contributed by atoms with van der Waals surface area (Å²) in [4.78, 5) is 30.0. The summed E-state index contributed by atoms with van der Waals surface area (Å²) in [6.45, 7) is 4.66. The number of nitrogens with zero attached hydrogens (tertiary/aromatic N) is 1. The van der Waals surface area contributed by atoms with Crippen LogP contribution in [0.5, 0.6) is 0 Å². The van der Waals surface area contributed by atoms with Gasteiger partial charge in [-0.3, -0.25) is 9.59 Å². The van der Waals surface area contributed by atoms with Crippen LogP contribution in [0.1, 0.15) is 36.3 Å². The van der Waals surface area contributed by atoms with Crippen molar-refractivity contribution in [1.82, 2.24) is 9.88 Å². The number of esters is 1. The van der Waals surface area contributed by atoms with E-state index in [1.165, 1.54) is 0 Å². The lowest BCUT2D eigenvalue weighted by Crippen LogP contribution is -2.40. The van der Waals surface area contributed by atoms with Crippen molar-refractivity contribution in [3.8, 4) is 0 Å². The Morgan fingerprint density at radius 2 is 2.12 bits per heavy atom. The Labute approximate surface area is 146 Å². The van der Waals surface area contributed by atoms with Crippen molar-refractivity contribution in [1.29, 1.82) is 0 Å². The van der Waals surface area contributed by atoms with Crippen LogP contribution in [0.2, 0.25) is 0 Å². The first-order valence-corrected chi connectivity index (χ1v) is 8.73. The van der Waals surface area contributed by atoms with E-state index >= 15 is 0 Å². The van der Waals surface area contributed by atoms with E-state index in [1.807, 2.05) is 31.2 Å². The number of aliphatic hydroxyl groups excluding tert-OH is 1. The Hall–Kier alpha value is -2.34. The molecule has 1 aromatic carbocycles. The van der Waals surface area contributed by atoms with E-state index in [9.17, 15) is 14.7 Å². The molecule has 2 unspecified atom stereocenters. The molecule has 3 rings (SSSR count). The summed E-state index contributed by atoms with van der Waals surface area (Å²) in [5.74, 6) is -0.263. The number of aromatic amines is 1. The molecule has 2 heterocycles. The molecule has 0 saturated carbocycles. The van der Waals surface area contributed by atoms with Crippen LogP contribution < -0.4 is 0 Å². The van der Waals surface area contributed by atoms with Gasteiger partial charge in [-0.05, 0) is 25.3 Å². The van der Waals surface area contributed by atoms with Gasteiger partial charge in [0.1, 0.15) is 5.69 Å². The average Bonchev–Trinajstić information content (AvgIpc) is 3.15. The Morgan fingerprint density at radius 1 is 1.36 bits per heavy atom. The molecule has 1 fully saturated rings. The highest BCUT2D eigenvalue weighted by molar-refractivity contribution is 6.02. The number of hydrogen-bond acceptors (Lipinski definition) is 4. The number of fused-ring (bicyclic) bond motifs is 1. The summed E-state index contributed by atoms with van der Waals surface area (Å²) in [6.07, 6.45) is 0.913. The molecule has 1 aromatic heterocycles. The van der Waals surface area contributed by atoms with Gasteiger partial charge in [0.05, 0.1) is 25.7 Å². The minimum absolute atomic E-state index is 0.0477. The molecule has 6 nitrogen and oxygen atoms in total. The number of rotatable bonds is 5. The van der Waals surface area contributed by atoms with Crippen molar-refractivity contribution in [3.63, 3.8) is 0 Å². The van der Waals surface area contributed by atoms with Crippen molar-refractivity contribution in [2.75, 3.05) is 19.8 Å². The monoisotopic (exact) mass is 344 g/mol. The zero-order chi connectivity index (χ0) is 18.0. The first kappa shape index (κ1) is 17.5. The molecule has 2 aromatic rings. The molecule has 25 heavy (non-hydrogen) atoms. The largest absolute Gasteiger partial charge is 0.466 e. The third-order valence-electron chi connectivity index (χ3n) is 4.98. The molecule has 2 N–H and O–H groups in total. The smallest absolute Gasteiger partial charge is 0.310 e. The third kappa shape index (κ3) is 3.26. The SMILES string of the molecule is CCOC(=O)Cc1c(C(=O)N2CCC(C)C2CO)[nH]c2ccccc12. The number of benzene rings is 1. The Kier molecular flexibility index (Phi) is 5.08. The minimum Gasteiger partial charge on any atom is -0.466 e. The summed E-state index contributed by atoms with van der Waals surface area (Å²) in [5, 5.41) is 10.5. The van der Waals surface area contributed by atoms with Gasteiger partial charge in [-0.15, -0.1) is 0 Å². The first-order chi connectivity index (χ1) is 12.1. The average molecular weight is 344 g/mol. The molecular formula is C19H24N2O4. The van der Waals surface area contributed by atoms with E-state index in [4.69, 9.17) is 4.74 Å². The van der Waals surface area contributed by atoms with E-state index in [-0.39, 0.29) is 36.9 Å². The second kappa shape index (κ2) is 7.27. The first-order valence-electron chi connectivity index (χ1n) is 8.73. The van der Waals surface area contributed by atoms with Crippen LogP contribution in [0, 0.1) is 5.92 Å². The van der Waals surface area contributed by atoms with Gasteiger partial charge in [-0.2, -0.15) is 0 Å². The predicted molar refractivity (Wildman–Crippen MR) is 94.3 cm³/mol. The van der Waals surface area contributed by atoms with Crippen molar-refractivity contribution in [3.05, 3.63) is 35.5 Å². The molecule has 0 radical (unpaired) electrons. The van der Waals surface area contributed by atoms with Gasteiger partial charge >= 0.3 is 5.97 Å². The summed E-state index contributed by atoms with van der Waals surface area (Å²) in [7, 11) is 0. The van der Waals surface area contributed by atoms with Crippen LogP contribution in [0.15, 0.2) is 24.3 Å². The zero-order valence-electron chi connectivity index (χ0n) is 14.6. The zero-order valence-corrected chi connectivity index (χ0v) is 14.6. The number of hydrogen-bond donors (Lipinski definition) is 2. The number of nitrogens with one attached hydrogen (secondary N) is 1. The van der Waals surface area contributed by atoms with E-state index in [0.717, 1.165) is 17.3 Å². The molecule has 0 aliphatic carbocycles. The topological polar surface area (TPSA) is 82.6 Å². The lowest BCUT2D eigenvalue weighted by molar-refractivity contribution is -0.142. The summed E-state index contributed by atoms with van der Waals surface area (Å²) < 4.78 is 5.07. The number of likely N-dealkylation sites (tertiary alicyclic amines) is 1. The lowest BCUT2D eigenvalue weighted by Gasteiger charge is -2.25. The highest BCUT2D eigenvalue weighted by atomic mass is 16.5. The van der Waals surface area contributed by atoms with Gasteiger partial charge in [0, 0.05) is 23.0 Å². The second-order valence-electron chi connectivity index (χ2n) is 6.52. The standard InChI is InChI=1S/C19H24N2O4/c1-3-25-17(23)10-14-13-6-4-5-7-15(13)20-18(14)19(24)21-9-8-12(2)16(21)11-22/h4-7,12,16,20,22H,3,8-11H2,1-2H3. The number of amides is 1. The third-order valence-corrected chi connectivity index (χ3v) is 4.98. The molecular weight excluding hydrogens is 320 g/mol. The van der Waals surface area contributed by atoms with E-state index in [1.54, 1.807) is 11.8 Å². The molecule has 134 valence electrons. The van der Waals surface area contributed by atoms with Gasteiger partial charge < -0.3 is 19.7 Å². The van der Waals surface area contributed by atoms with E-state index in [2.05, 4.69) is 4.98 Å². The van der Waals surface area contributed by atoms with Crippen LogP contribution in [0.25, 0.3) is 10.9 Å². The Bertz CT molecular complexity index is 783. The second-order valence-corrected chi connectivity index (χ2v) is 6.52. The lowest BCUT2D eigenvalue weighted by atomic mass is 10.0. The number of H-pyrrole nitrogens is 1. The summed E-state index contributed by atoms with van der Waals surface area (Å²) in [6, 6.07) is 7.36. The highest BCUT2D eigenvalue weighted by Crippen LogP contribution is 2.29. The molecule has 0 bridgehead atoms. The fourth-order valence-electron chi connectivity index (χ4n) is 3.60. The summed E-state index contributed by atoms with van der Waals surface area (Å²) >= 11 is 0. The molecule has 2 atom stereocenters. The van der Waals surface area contributed by atoms with E-state index < -0.39 is 0 Å². The maximum absolute atomic E-state index is 13.1. The Morgan fingerprint density at radius 3 is 2.84 bits per heavy atom. The number of carbonyl (C=O) groups excluding carboxylic acids is 2. The van der Waals surface area contributed by atoms with Crippen LogP contribution in [-0.4, -0.2) is 52.7 Å². The van der Waals surface area contributed by atoms with Crippen LogP contribution in [0.4, 0.5) is 0 Å². The fourth-order valence-corrected chi connectivity index (χ4v) is 3.60. The number of para-hydroxylation sites is 1. The van der Waals surface area contributed by atoms with Crippen molar-refractivity contribution in [2.24, 2.45) is 5.92 Å². The van der Waals surface area contributed by atoms with Gasteiger partial charge in [0.25, 0.3) is 5.91 Å². The van der Waals surface area contributed by atoms with E-state index in [0.29, 0.717) is 24.4 Å². The van der Waals surface area contributed by atoms with Crippen LogP contribution in [0.3, 0.4) is 0 Å². The van der Waals surface area contributed by atoms with Gasteiger partial charge in [-0.25, -0.2) is 0 Å². The van der Waals surface area contributed by atoms with Crippen molar-refractivity contribution >= 4 is 22.8 Å². The maximum Gasteiger partial charge on any atom is 0.310 e. The summed E-state index contributed by atoms with van der Waals surface area (Å²) in [5.41, 5.74) is 1.90. The van der Waals surface area contributed by atoms with Crippen molar-refractivity contribution < 1.29 is 19.4 Å². The maximum atomic E-state index is 13.1. The highest BCUT2D eigenvalue weighted by Gasteiger charge is 2.36. The van der Waals surface area contributed by atoms with Crippen LogP contribution in [-0.2, 0) is 16.0 Å². The molecule has 1 aliphatic heterocycles. The van der Waals surface area contributed by atoms with Crippen molar-refractivity contribution in [2.45, 2.75) is 32.7 Å².